The molecule has 0 saturated carbocycles. The van der Waals surface area contributed by atoms with Crippen LogP contribution in [0.3, 0.4) is 0 Å². The maximum atomic E-state index is 13.4. The Bertz CT molecular complexity index is 1320. The summed E-state index contributed by atoms with van der Waals surface area (Å²) in [5, 5.41) is 4.31. The first kappa shape index (κ1) is 24.1. The van der Waals surface area contributed by atoms with Crippen LogP contribution < -0.4 is 10.1 Å². The van der Waals surface area contributed by atoms with Crippen LogP contribution in [-0.2, 0) is 24.4 Å². The molecule has 0 unspecified atom stereocenters. The summed E-state index contributed by atoms with van der Waals surface area (Å²) in [4.78, 5) is 15.3. The molecule has 1 aromatic heterocycles. The Hall–Kier alpha value is -3.64. The Labute approximate surface area is 211 Å². The van der Waals surface area contributed by atoms with Crippen molar-refractivity contribution in [3.8, 4) is 5.75 Å². The third kappa shape index (κ3) is 5.44. The molecule has 4 aromatic rings. The fourth-order valence-corrected chi connectivity index (χ4v) is 5.12. The number of likely N-dealkylation sites (tertiary alicyclic amines) is 1. The van der Waals surface area contributed by atoms with E-state index in [4.69, 9.17) is 4.74 Å². The van der Waals surface area contributed by atoms with Crippen LogP contribution in [0.4, 0.5) is 4.39 Å². The maximum absolute atomic E-state index is 13.4. The molecule has 0 aliphatic carbocycles. The summed E-state index contributed by atoms with van der Waals surface area (Å²) < 4.78 is 21.1. The van der Waals surface area contributed by atoms with E-state index in [0.29, 0.717) is 13.1 Å². The maximum Gasteiger partial charge on any atom is 0.223 e. The molecule has 1 saturated heterocycles. The molecule has 1 aliphatic heterocycles. The smallest absolute Gasteiger partial charge is 0.223 e. The zero-order chi connectivity index (χ0) is 24.9. The molecule has 0 radical (unpaired) electrons. The first-order valence-corrected chi connectivity index (χ1v) is 12.5. The highest BCUT2D eigenvalue weighted by molar-refractivity contribution is 5.81. The summed E-state index contributed by atoms with van der Waals surface area (Å²) in [5.41, 5.74) is 4.48. The average Bonchev–Trinajstić information content (AvgIpc) is 3.25. The van der Waals surface area contributed by atoms with Gasteiger partial charge in [-0.1, -0.05) is 48.5 Å². The number of methoxy groups -OCH3 is 1. The van der Waals surface area contributed by atoms with Gasteiger partial charge in [-0.3, -0.25) is 9.69 Å². The molecule has 1 fully saturated rings. The summed E-state index contributed by atoms with van der Waals surface area (Å²) >= 11 is 0. The average molecular weight is 486 g/mol. The van der Waals surface area contributed by atoms with Crippen molar-refractivity contribution in [3.05, 3.63) is 102 Å². The van der Waals surface area contributed by atoms with Gasteiger partial charge in [0.25, 0.3) is 0 Å². The number of aromatic nitrogens is 1. The Morgan fingerprint density at radius 3 is 2.47 bits per heavy atom. The predicted molar refractivity (Wildman–Crippen MR) is 140 cm³/mol. The van der Waals surface area contributed by atoms with Gasteiger partial charge in [0.1, 0.15) is 11.6 Å². The third-order valence-corrected chi connectivity index (χ3v) is 7.14. The van der Waals surface area contributed by atoms with Gasteiger partial charge in [-0.15, -0.1) is 0 Å². The van der Waals surface area contributed by atoms with Gasteiger partial charge < -0.3 is 14.6 Å². The van der Waals surface area contributed by atoms with Crippen molar-refractivity contribution < 1.29 is 13.9 Å². The minimum atomic E-state index is -0.217. The van der Waals surface area contributed by atoms with Crippen molar-refractivity contribution in [2.45, 2.75) is 32.5 Å². The van der Waals surface area contributed by atoms with E-state index in [1.807, 2.05) is 36.4 Å². The van der Waals surface area contributed by atoms with E-state index in [2.05, 4.69) is 45.1 Å². The normalized spacial score (nSPS) is 14.7. The van der Waals surface area contributed by atoms with E-state index in [9.17, 15) is 9.18 Å². The second-order valence-electron chi connectivity index (χ2n) is 9.49. The number of piperidine rings is 1. The lowest BCUT2D eigenvalue weighted by Crippen LogP contribution is -2.40. The van der Waals surface area contributed by atoms with E-state index < -0.39 is 0 Å². The van der Waals surface area contributed by atoms with Crippen LogP contribution in [0.5, 0.6) is 5.75 Å². The van der Waals surface area contributed by atoms with Crippen LogP contribution in [0, 0.1) is 11.7 Å². The van der Waals surface area contributed by atoms with Crippen LogP contribution in [0.15, 0.2) is 78.9 Å². The Kier molecular flexibility index (Phi) is 7.33. The van der Waals surface area contributed by atoms with E-state index >= 15 is 0 Å². The van der Waals surface area contributed by atoms with E-state index in [1.165, 1.54) is 28.7 Å². The number of ether oxygens (including phenoxy) is 1. The Morgan fingerprint density at radius 1 is 0.972 bits per heavy atom. The van der Waals surface area contributed by atoms with Crippen LogP contribution in [0.25, 0.3) is 10.9 Å². The number of nitrogens with zero attached hydrogens (tertiary/aromatic N) is 2. The molecule has 5 nitrogen and oxygen atoms in total. The minimum Gasteiger partial charge on any atom is -0.496 e. The van der Waals surface area contributed by atoms with Crippen molar-refractivity contribution in [1.29, 1.82) is 0 Å². The van der Waals surface area contributed by atoms with Gasteiger partial charge in [0.2, 0.25) is 5.91 Å². The highest BCUT2D eigenvalue weighted by Gasteiger charge is 2.25. The van der Waals surface area contributed by atoms with Crippen molar-refractivity contribution in [2.75, 3.05) is 20.2 Å². The van der Waals surface area contributed by atoms with E-state index in [0.717, 1.165) is 49.4 Å². The number of benzene rings is 3. The number of hydrogen-bond acceptors (Lipinski definition) is 3. The highest BCUT2D eigenvalue weighted by atomic mass is 19.1. The van der Waals surface area contributed by atoms with Gasteiger partial charge in [0, 0.05) is 42.3 Å². The molecule has 5 rings (SSSR count). The second-order valence-corrected chi connectivity index (χ2v) is 9.49. The SMILES string of the molecule is COc1ccccc1CNC(=O)C1CCN(Cc2cc3ccccc3n2Cc2ccc(F)cc2)CC1. The Balaban J connectivity index is 1.21. The van der Waals surface area contributed by atoms with E-state index in [-0.39, 0.29) is 17.6 Å². The van der Waals surface area contributed by atoms with Crippen LogP contribution in [-0.4, -0.2) is 35.6 Å². The molecule has 3 aromatic carbocycles. The number of nitrogens with one attached hydrogen (secondary N) is 1. The zero-order valence-electron chi connectivity index (χ0n) is 20.6. The number of halogens is 1. The van der Waals surface area contributed by atoms with Crippen LogP contribution in [0.2, 0.25) is 0 Å². The lowest BCUT2D eigenvalue weighted by Gasteiger charge is -2.31. The quantitative estimate of drug-likeness (QED) is 0.365. The molecule has 0 atom stereocenters. The predicted octanol–water partition coefficient (Wildman–Crippen LogP) is 5.37. The van der Waals surface area contributed by atoms with Crippen molar-refractivity contribution >= 4 is 16.8 Å². The van der Waals surface area contributed by atoms with Crippen molar-refractivity contribution in [2.24, 2.45) is 5.92 Å². The fourth-order valence-electron chi connectivity index (χ4n) is 5.12. The lowest BCUT2D eigenvalue weighted by atomic mass is 9.95. The highest BCUT2D eigenvalue weighted by Crippen LogP contribution is 2.25. The number of para-hydroxylation sites is 2. The molecule has 2 heterocycles. The Morgan fingerprint density at radius 2 is 1.69 bits per heavy atom. The first-order chi connectivity index (χ1) is 17.6. The van der Waals surface area contributed by atoms with Crippen molar-refractivity contribution in [1.82, 2.24) is 14.8 Å². The van der Waals surface area contributed by atoms with Crippen LogP contribution >= 0.6 is 0 Å². The molecule has 36 heavy (non-hydrogen) atoms. The molecular formula is C30H32FN3O2. The molecule has 0 bridgehead atoms. The molecular weight excluding hydrogens is 453 g/mol. The van der Waals surface area contributed by atoms with Gasteiger partial charge in [-0.25, -0.2) is 4.39 Å². The second kappa shape index (κ2) is 11.0. The number of carbonyl (C=O) groups excluding carboxylic acids is 1. The standard InChI is InChI=1S/C30H32FN3O2/c1-36-29-9-5-3-7-25(29)19-32-30(35)23-14-16-33(17-15-23)21-27-18-24-6-2-4-8-28(24)34(27)20-22-10-12-26(31)13-11-22/h2-13,18,23H,14-17,19-21H2,1H3,(H,32,35). The van der Waals surface area contributed by atoms with Crippen LogP contribution in [0.1, 0.15) is 29.7 Å². The summed E-state index contributed by atoms with van der Waals surface area (Å²) in [5.74, 6) is 0.724. The van der Waals surface area contributed by atoms with E-state index in [1.54, 1.807) is 7.11 Å². The minimum absolute atomic E-state index is 0.0287. The van der Waals surface area contributed by atoms with Gasteiger partial charge in [0.15, 0.2) is 0 Å². The van der Waals surface area contributed by atoms with Gasteiger partial charge in [-0.05, 0) is 67.2 Å². The molecule has 1 amide bonds. The number of amides is 1. The number of rotatable bonds is 8. The summed E-state index contributed by atoms with van der Waals surface area (Å²) in [6.07, 6.45) is 1.69. The zero-order valence-corrected chi connectivity index (χ0v) is 20.6. The molecule has 186 valence electrons. The fraction of sp³-hybridized carbons (Fsp3) is 0.300. The van der Waals surface area contributed by atoms with Crippen molar-refractivity contribution in [3.63, 3.8) is 0 Å². The molecule has 1 aliphatic rings. The monoisotopic (exact) mass is 485 g/mol. The number of carbonyl (C=O) groups is 1. The summed E-state index contributed by atoms with van der Waals surface area (Å²) in [6, 6.07) is 25.2. The summed E-state index contributed by atoms with van der Waals surface area (Å²) in [7, 11) is 1.65. The first-order valence-electron chi connectivity index (χ1n) is 12.5. The van der Waals surface area contributed by atoms with Gasteiger partial charge in [-0.2, -0.15) is 0 Å². The number of hydrogen-bond donors (Lipinski definition) is 1. The molecule has 0 spiro atoms. The third-order valence-electron chi connectivity index (χ3n) is 7.14. The van der Waals surface area contributed by atoms with Gasteiger partial charge >= 0.3 is 0 Å². The lowest BCUT2D eigenvalue weighted by molar-refractivity contribution is -0.126. The molecule has 6 heteroatoms. The topological polar surface area (TPSA) is 46.5 Å². The molecule has 1 N–H and O–H groups in total. The number of fused-ring (bicyclic) bond motifs is 1. The van der Waals surface area contributed by atoms with Gasteiger partial charge in [0.05, 0.1) is 7.11 Å². The summed E-state index contributed by atoms with van der Waals surface area (Å²) in [6.45, 7) is 3.76. The largest absolute Gasteiger partial charge is 0.496 e.